The number of rotatable bonds is 3. The first-order chi connectivity index (χ1) is 11.5. The van der Waals surface area contributed by atoms with E-state index in [1.807, 2.05) is 6.07 Å². The summed E-state index contributed by atoms with van der Waals surface area (Å²) in [6.07, 6.45) is -0.0414. The molecule has 0 spiro atoms. The lowest BCUT2D eigenvalue weighted by Gasteiger charge is -2.09. The minimum absolute atomic E-state index is 0.0414. The van der Waals surface area contributed by atoms with Gasteiger partial charge in [-0.3, -0.25) is 4.79 Å². The van der Waals surface area contributed by atoms with Crippen molar-refractivity contribution in [1.82, 2.24) is 0 Å². The van der Waals surface area contributed by atoms with E-state index >= 15 is 0 Å². The third kappa shape index (κ3) is 3.25. The zero-order chi connectivity index (χ0) is 17.1. The van der Waals surface area contributed by atoms with Crippen LogP contribution >= 0.6 is 0 Å². The molecule has 0 fully saturated rings. The number of anilines is 1. The molecule has 0 unspecified atom stereocenters. The highest BCUT2D eigenvalue weighted by molar-refractivity contribution is 5.95. The molecule has 0 atom stereocenters. The first-order valence-corrected chi connectivity index (χ1v) is 7.09. The molecule has 0 saturated heterocycles. The molecule has 24 heavy (non-hydrogen) atoms. The Hall–Kier alpha value is -3.59. The van der Waals surface area contributed by atoms with Crippen molar-refractivity contribution in [1.29, 1.82) is 5.26 Å². The van der Waals surface area contributed by atoms with Gasteiger partial charge in [-0.15, -0.1) is 5.75 Å². The molecular formula is C18H11N2O4-. The van der Waals surface area contributed by atoms with Crippen molar-refractivity contribution in [3.8, 4) is 11.8 Å². The molecule has 0 bridgehead atoms. The van der Waals surface area contributed by atoms with Crippen molar-refractivity contribution >= 4 is 22.6 Å². The summed E-state index contributed by atoms with van der Waals surface area (Å²) in [5.74, 6) is -0.595. The second-order valence-electron chi connectivity index (χ2n) is 5.16. The Kier molecular flexibility index (Phi) is 4.00. The number of fused-ring (bicyclic) bond motifs is 1. The van der Waals surface area contributed by atoms with Gasteiger partial charge in [0.2, 0.25) is 5.91 Å². The summed E-state index contributed by atoms with van der Waals surface area (Å²) in [6.45, 7) is 0. The van der Waals surface area contributed by atoms with Crippen molar-refractivity contribution < 1.29 is 14.3 Å². The fourth-order valence-corrected chi connectivity index (χ4v) is 2.36. The standard InChI is InChI=1S/C18H12N2O4/c19-10-11-1-3-13(4-2-11)20-17(22)7-12-8-18(23)24-16-9-14(21)5-6-15(12)16/h1-6,8-9,21H,7H2,(H,20,22)/p-1. The van der Waals surface area contributed by atoms with Gasteiger partial charge in [-0.1, -0.05) is 12.1 Å². The quantitative estimate of drug-likeness (QED) is 0.742. The zero-order valence-electron chi connectivity index (χ0n) is 12.4. The molecule has 0 aliphatic carbocycles. The van der Waals surface area contributed by atoms with Gasteiger partial charge in [-0.2, -0.15) is 5.26 Å². The van der Waals surface area contributed by atoms with Crippen LogP contribution in [0, 0.1) is 11.3 Å². The third-order valence-electron chi connectivity index (χ3n) is 3.45. The molecule has 0 aliphatic rings. The van der Waals surface area contributed by atoms with E-state index in [-0.39, 0.29) is 23.7 Å². The highest BCUT2D eigenvalue weighted by atomic mass is 16.4. The van der Waals surface area contributed by atoms with E-state index in [0.29, 0.717) is 22.2 Å². The topological polar surface area (TPSA) is 106 Å². The number of nitrogens with zero attached hydrogens (tertiary/aromatic N) is 1. The van der Waals surface area contributed by atoms with E-state index in [4.69, 9.17) is 9.68 Å². The van der Waals surface area contributed by atoms with E-state index in [1.54, 1.807) is 24.3 Å². The summed E-state index contributed by atoms with van der Waals surface area (Å²) in [5.41, 5.74) is 1.07. The number of carbonyl (C=O) groups excluding carboxylic acids is 1. The Morgan fingerprint density at radius 2 is 1.92 bits per heavy atom. The molecule has 1 amide bonds. The van der Waals surface area contributed by atoms with Crippen molar-refractivity contribution in [2.45, 2.75) is 6.42 Å². The Labute approximate surface area is 136 Å². The fourth-order valence-electron chi connectivity index (χ4n) is 2.36. The monoisotopic (exact) mass is 319 g/mol. The highest BCUT2D eigenvalue weighted by Crippen LogP contribution is 2.21. The van der Waals surface area contributed by atoms with Crippen LogP contribution in [0.1, 0.15) is 11.1 Å². The maximum absolute atomic E-state index is 12.2. The predicted molar refractivity (Wildman–Crippen MR) is 85.4 cm³/mol. The third-order valence-corrected chi connectivity index (χ3v) is 3.45. The minimum Gasteiger partial charge on any atom is -0.872 e. The first-order valence-electron chi connectivity index (χ1n) is 7.09. The number of carbonyl (C=O) groups is 1. The average Bonchev–Trinajstić information content (AvgIpc) is 2.54. The number of amides is 1. The number of hydrogen-bond acceptors (Lipinski definition) is 5. The van der Waals surface area contributed by atoms with Crippen molar-refractivity contribution in [3.05, 3.63) is 70.1 Å². The van der Waals surface area contributed by atoms with Crippen LogP contribution in [-0.4, -0.2) is 5.91 Å². The second kappa shape index (κ2) is 6.26. The van der Waals surface area contributed by atoms with Crippen LogP contribution in [0.2, 0.25) is 0 Å². The molecule has 3 aromatic rings. The summed E-state index contributed by atoms with van der Waals surface area (Å²) >= 11 is 0. The fraction of sp³-hybridized carbons (Fsp3) is 0.0556. The molecule has 0 aliphatic heterocycles. The number of benzene rings is 2. The van der Waals surface area contributed by atoms with E-state index in [0.717, 1.165) is 0 Å². The van der Waals surface area contributed by atoms with Gasteiger partial charge < -0.3 is 14.8 Å². The molecule has 1 heterocycles. The maximum atomic E-state index is 12.2. The van der Waals surface area contributed by atoms with Gasteiger partial charge in [0.25, 0.3) is 0 Å². The molecule has 118 valence electrons. The van der Waals surface area contributed by atoms with Gasteiger partial charge in [0.05, 0.1) is 18.1 Å². The van der Waals surface area contributed by atoms with Gasteiger partial charge in [-0.25, -0.2) is 4.79 Å². The summed E-state index contributed by atoms with van der Waals surface area (Å²) in [7, 11) is 0. The Bertz CT molecular complexity index is 1010. The van der Waals surface area contributed by atoms with Crippen LogP contribution in [0.4, 0.5) is 5.69 Å². The molecule has 6 heteroatoms. The normalized spacial score (nSPS) is 10.3. The van der Waals surface area contributed by atoms with Crippen LogP contribution in [0.5, 0.6) is 5.75 Å². The molecule has 2 aromatic carbocycles. The molecule has 0 saturated carbocycles. The smallest absolute Gasteiger partial charge is 0.336 e. The van der Waals surface area contributed by atoms with E-state index in [9.17, 15) is 14.7 Å². The molecular weight excluding hydrogens is 308 g/mol. The highest BCUT2D eigenvalue weighted by Gasteiger charge is 2.10. The molecule has 0 radical (unpaired) electrons. The lowest BCUT2D eigenvalue weighted by Crippen LogP contribution is -2.15. The van der Waals surface area contributed by atoms with Crippen LogP contribution in [0.3, 0.4) is 0 Å². The van der Waals surface area contributed by atoms with Gasteiger partial charge in [0.15, 0.2) is 0 Å². The number of nitrogens with one attached hydrogen (secondary N) is 1. The largest absolute Gasteiger partial charge is 0.872 e. The SMILES string of the molecule is N#Cc1ccc(NC(=O)Cc2cc(=O)oc3cc([O-])ccc23)cc1. The number of nitriles is 1. The van der Waals surface area contributed by atoms with E-state index < -0.39 is 5.63 Å². The molecule has 1 aromatic heterocycles. The summed E-state index contributed by atoms with van der Waals surface area (Å²) in [5, 5.41) is 23.4. The average molecular weight is 319 g/mol. The summed E-state index contributed by atoms with van der Waals surface area (Å²) in [6, 6.07) is 13.8. The van der Waals surface area contributed by atoms with Crippen LogP contribution < -0.4 is 16.0 Å². The van der Waals surface area contributed by atoms with Gasteiger partial charge in [-0.05, 0) is 35.9 Å². The Morgan fingerprint density at radius 3 is 2.62 bits per heavy atom. The van der Waals surface area contributed by atoms with Crippen molar-refractivity contribution in [2.75, 3.05) is 5.32 Å². The van der Waals surface area contributed by atoms with Crippen LogP contribution in [-0.2, 0) is 11.2 Å². The Morgan fingerprint density at radius 1 is 1.17 bits per heavy atom. The zero-order valence-corrected chi connectivity index (χ0v) is 12.4. The second-order valence-corrected chi connectivity index (χ2v) is 5.16. The molecule has 1 N–H and O–H groups in total. The van der Waals surface area contributed by atoms with Crippen LogP contribution in [0.15, 0.2) is 57.7 Å². The molecule has 3 rings (SSSR count). The predicted octanol–water partition coefficient (Wildman–Crippen LogP) is 1.92. The Balaban J connectivity index is 1.85. The van der Waals surface area contributed by atoms with E-state index in [2.05, 4.69) is 5.32 Å². The maximum Gasteiger partial charge on any atom is 0.336 e. The molecule has 6 nitrogen and oxygen atoms in total. The minimum atomic E-state index is -0.616. The van der Waals surface area contributed by atoms with Gasteiger partial charge >= 0.3 is 5.63 Å². The lowest BCUT2D eigenvalue weighted by molar-refractivity contribution is -0.268. The first kappa shape index (κ1) is 15.3. The van der Waals surface area contributed by atoms with Gasteiger partial charge in [0.1, 0.15) is 5.58 Å². The van der Waals surface area contributed by atoms with Crippen LogP contribution in [0.25, 0.3) is 11.0 Å². The number of hydrogen-bond donors (Lipinski definition) is 1. The summed E-state index contributed by atoms with van der Waals surface area (Å²) in [4.78, 5) is 23.8. The van der Waals surface area contributed by atoms with Gasteiger partial charge in [0, 0.05) is 17.1 Å². The van der Waals surface area contributed by atoms with Crippen molar-refractivity contribution in [3.63, 3.8) is 0 Å². The van der Waals surface area contributed by atoms with Crippen molar-refractivity contribution in [2.24, 2.45) is 0 Å². The van der Waals surface area contributed by atoms with E-state index in [1.165, 1.54) is 24.3 Å². The lowest BCUT2D eigenvalue weighted by atomic mass is 10.1. The summed E-state index contributed by atoms with van der Waals surface area (Å²) < 4.78 is 4.99.